The Hall–Kier alpha value is -1.94. The maximum Gasteiger partial charge on any atom is 0.472 e. The summed E-state index contributed by atoms with van der Waals surface area (Å²) in [7, 11) is -9.92. The van der Waals surface area contributed by atoms with Gasteiger partial charge in [0.05, 0.1) is 26.4 Å². The zero-order valence-electron chi connectivity index (χ0n) is 64.4. The fourth-order valence-corrected chi connectivity index (χ4v) is 13.6. The second-order valence-corrected chi connectivity index (χ2v) is 32.8. The SMILES string of the molecule is CCC(C)CCCCCCCCCCCCCCCCCCCCC(=O)OC[C@H](COP(=O)(O)OC[C@@H](O)COP(=O)(O)OC[C@@H](COC(=O)CCCCCCCCC(C)C)OC(=O)CCCCCCCCCCCCCCC(C)C)OC(=O)CCCCCCCCCCC(C)CC. The molecule has 7 atom stereocenters. The number of unbranched alkanes of at least 4 members (excludes halogenated alkanes) is 40. The lowest BCUT2D eigenvalue weighted by Gasteiger charge is -2.21. The molecule has 582 valence electrons. The maximum atomic E-state index is 13.1. The predicted molar refractivity (Wildman–Crippen MR) is 400 cm³/mol. The predicted octanol–water partition coefficient (Wildman–Crippen LogP) is 23.2. The summed E-state index contributed by atoms with van der Waals surface area (Å²) in [4.78, 5) is 72.8. The summed E-state index contributed by atoms with van der Waals surface area (Å²) >= 11 is 0. The van der Waals surface area contributed by atoms with Crippen molar-refractivity contribution < 1.29 is 80.2 Å². The van der Waals surface area contributed by atoms with Crippen LogP contribution in [0.3, 0.4) is 0 Å². The van der Waals surface area contributed by atoms with Gasteiger partial charge >= 0.3 is 39.5 Å². The lowest BCUT2D eigenvalue weighted by atomic mass is 9.99. The van der Waals surface area contributed by atoms with Crippen molar-refractivity contribution in [2.24, 2.45) is 23.7 Å². The monoisotopic (exact) mass is 1440 g/mol. The summed E-state index contributed by atoms with van der Waals surface area (Å²) in [5, 5.41) is 10.6. The third-order valence-electron chi connectivity index (χ3n) is 19.0. The van der Waals surface area contributed by atoms with Crippen molar-refractivity contribution in [3.05, 3.63) is 0 Å². The third-order valence-corrected chi connectivity index (χ3v) is 20.9. The van der Waals surface area contributed by atoms with Crippen molar-refractivity contribution in [1.82, 2.24) is 0 Å². The largest absolute Gasteiger partial charge is 0.472 e. The number of ether oxygens (including phenoxy) is 4. The summed E-state index contributed by atoms with van der Waals surface area (Å²) < 4.78 is 68.6. The first-order chi connectivity index (χ1) is 47.2. The van der Waals surface area contributed by atoms with Crippen LogP contribution in [0.2, 0.25) is 0 Å². The number of hydrogen-bond donors (Lipinski definition) is 3. The second-order valence-electron chi connectivity index (χ2n) is 29.9. The van der Waals surface area contributed by atoms with Crippen LogP contribution in [0.25, 0.3) is 0 Å². The first kappa shape index (κ1) is 96.1. The maximum absolute atomic E-state index is 13.1. The van der Waals surface area contributed by atoms with E-state index in [1.165, 1.54) is 199 Å². The van der Waals surface area contributed by atoms with Crippen LogP contribution in [0.1, 0.15) is 402 Å². The Morgan fingerprint density at radius 2 is 0.490 bits per heavy atom. The molecule has 0 bridgehead atoms. The molecule has 0 aliphatic carbocycles. The highest BCUT2D eigenvalue weighted by Gasteiger charge is 2.30. The third kappa shape index (κ3) is 69.8. The minimum Gasteiger partial charge on any atom is -0.462 e. The smallest absolute Gasteiger partial charge is 0.462 e. The Bertz CT molecular complexity index is 1920. The molecule has 0 rings (SSSR count). The summed E-state index contributed by atoms with van der Waals surface area (Å²) in [5.74, 6) is 0.978. The van der Waals surface area contributed by atoms with E-state index >= 15 is 0 Å². The van der Waals surface area contributed by atoms with Crippen molar-refractivity contribution in [3.63, 3.8) is 0 Å². The van der Waals surface area contributed by atoms with E-state index in [-0.39, 0.29) is 25.7 Å². The first-order valence-corrected chi connectivity index (χ1v) is 43.8. The molecule has 0 amide bonds. The van der Waals surface area contributed by atoms with E-state index in [0.717, 1.165) is 114 Å². The number of phosphoric acid groups is 2. The number of rotatable bonds is 76. The van der Waals surface area contributed by atoms with Gasteiger partial charge in [0.25, 0.3) is 0 Å². The molecule has 0 saturated heterocycles. The van der Waals surface area contributed by atoms with Crippen molar-refractivity contribution in [1.29, 1.82) is 0 Å². The van der Waals surface area contributed by atoms with E-state index in [4.69, 9.17) is 37.0 Å². The molecule has 98 heavy (non-hydrogen) atoms. The van der Waals surface area contributed by atoms with E-state index in [2.05, 4.69) is 55.4 Å². The molecule has 0 aromatic rings. The summed E-state index contributed by atoms with van der Waals surface area (Å²) in [6, 6.07) is 0. The van der Waals surface area contributed by atoms with Gasteiger partial charge in [-0.05, 0) is 49.4 Å². The van der Waals surface area contributed by atoms with Crippen molar-refractivity contribution in [2.75, 3.05) is 39.6 Å². The molecular weight excluding hydrogens is 1280 g/mol. The van der Waals surface area contributed by atoms with Crippen molar-refractivity contribution in [2.45, 2.75) is 420 Å². The van der Waals surface area contributed by atoms with Gasteiger partial charge < -0.3 is 33.8 Å². The quantitative estimate of drug-likeness (QED) is 0.0222. The Labute approximate surface area is 600 Å². The van der Waals surface area contributed by atoms with Gasteiger partial charge in [-0.15, -0.1) is 0 Å². The molecule has 19 heteroatoms. The summed E-state index contributed by atoms with van der Waals surface area (Å²) in [6.07, 6.45) is 54.3. The molecular formula is C79H154O17P2. The molecule has 0 radical (unpaired) electrons. The average molecular weight is 1440 g/mol. The minimum absolute atomic E-state index is 0.105. The van der Waals surface area contributed by atoms with Crippen LogP contribution in [0, 0.1) is 23.7 Å². The summed E-state index contributed by atoms with van der Waals surface area (Å²) in [6.45, 7) is 14.2. The van der Waals surface area contributed by atoms with Gasteiger partial charge in [0, 0.05) is 25.7 Å². The van der Waals surface area contributed by atoms with Crippen LogP contribution in [-0.2, 0) is 65.4 Å². The van der Waals surface area contributed by atoms with Gasteiger partial charge in [-0.1, -0.05) is 351 Å². The zero-order valence-corrected chi connectivity index (χ0v) is 66.2. The normalized spacial score (nSPS) is 14.6. The lowest BCUT2D eigenvalue weighted by Crippen LogP contribution is -2.30. The average Bonchev–Trinajstić information content (AvgIpc) is 0.972. The van der Waals surface area contributed by atoms with Gasteiger partial charge in [0.1, 0.15) is 19.3 Å². The first-order valence-electron chi connectivity index (χ1n) is 40.8. The molecule has 4 unspecified atom stereocenters. The Morgan fingerprint density at radius 1 is 0.286 bits per heavy atom. The van der Waals surface area contributed by atoms with Crippen molar-refractivity contribution in [3.8, 4) is 0 Å². The molecule has 0 aliphatic rings. The van der Waals surface area contributed by atoms with Gasteiger partial charge in [0.2, 0.25) is 0 Å². The molecule has 0 fully saturated rings. The highest BCUT2D eigenvalue weighted by molar-refractivity contribution is 7.47. The number of aliphatic hydroxyl groups excluding tert-OH is 1. The molecule has 3 N–H and O–H groups in total. The van der Waals surface area contributed by atoms with E-state index in [1.807, 2.05) is 0 Å². The Balaban J connectivity index is 5.16. The number of hydrogen-bond acceptors (Lipinski definition) is 15. The number of aliphatic hydroxyl groups is 1. The fraction of sp³-hybridized carbons (Fsp3) is 0.949. The van der Waals surface area contributed by atoms with E-state index in [0.29, 0.717) is 31.6 Å². The minimum atomic E-state index is -4.96. The summed E-state index contributed by atoms with van der Waals surface area (Å²) in [5.41, 5.74) is 0. The van der Waals surface area contributed by atoms with Gasteiger partial charge in [0.15, 0.2) is 12.2 Å². The van der Waals surface area contributed by atoms with Crippen LogP contribution in [-0.4, -0.2) is 96.7 Å². The number of phosphoric ester groups is 2. The number of esters is 4. The fourth-order valence-electron chi connectivity index (χ4n) is 12.0. The highest BCUT2D eigenvalue weighted by atomic mass is 31.2. The topological polar surface area (TPSA) is 237 Å². The Morgan fingerprint density at radius 3 is 0.724 bits per heavy atom. The molecule has 17 nitrogen and oxygen atoms in total. The zero-order chi connectivity index (χ0) is 72.4. The molecule has 0 saturated carbocycles. The second kappa shape index (κ2) is 68.2. The number of carbonyl (C=O) groups excluding carboxylic acids is 4. The van der Waals surface area contributed by atoms with Crippen LogP contribution >= 0.6 is 15.6 Å². The van der Waals surface area contributed by atoms with Crippen LogP contribution in [0.4, 0.5) is 0 Å². The highest BCUT2D eigenvalue weighted by Crippen LogP contribution is 2.45. The van der Waals surface area contributed by atoms with Gasteiger partial charge in [-0.3, -0.25) is 37.3 Å². The standard InChI is InChI=1S/C79H154O17P2/c1-9-71(7)57-49-41-32-26-22-17-15-13-11-12-14-16-18-23-27-34-43-51-59-76(81)89-65-74(96-79(84)62-54-46-36-30-29-33-42-50-58-72(8)10-2)67-93-97(85,86)91-63-73(80)64-92-98(87,88)94-68-75(66-90-77(82)60-52-44-38-37-40-48-56-70(5)6)95-78(83)61-53-45-35-28-24-20-19-21-25-31-39-47-55-69(3)4/h69-75,80H,9-68H2,1-8H3,(H,85,86)(H,87,88)/t71?,72?,73-,74-,75-/m1/s1. The van der Waals surface area contributed by atoms with Crippen LogP contribution in [0.5, 0.6) is 0 Å². The van der Waals surface area contributed by atoms with E-state index in [9.17, 15) is 43.2 Å². The van der Waals surface area contributed by atoms with Crippen LogP contribution < -0.4 is 0 Å². The van der Waals surface area contributed by atoms with Gasteiger partial charge in [-0.25, -0.2) is 9.13 Å². The van der Waals surface area contributed by atoms with E-state index < -0.39 is 97.5 Å². The lowest BCUT2D eigenvalue weighted by molar-refractivity contribution is -0.161. The number of carbonyl (C=O) groups is 4. The molecule has 0 spiro atoms. The molecule has 0 aromatic carbocycles. The molecule has 0 aliphatic heterocycles. The molecule has 0 heterocycles. The van der Waals surface area contributed by atoms with E-state index in [1.54, 1.807) is 0 Å². The van der Waals surface area contributed by atoms with Crippen molar-refractivity contribution >= 4 is 39.5 Å². The van der Waals surface area contributed by atoms with Gasteiger partial charge in [-0.2, -0.15) is 0 Å². The Kier molecular flexibility index (Phi) is 66.8. The van der Waals surface area contributed by atoms with Crippen LogP contribution in [0.15, 0.2) is 0 Å². The molecule has 0 aromatic heterocycles.